The number of rotatable bonds is 10. The zero-order valence-electron chi connectivity index (χ0n) is 16.4. The van der Waals surface area contributed by atoms with Crippen molar-refractivity contribution in [1.29, 1.82) is 0 Å². The first-order chi connectivity index (χ1) is 13.5. The van der Waals surface area contributed by atoms with E-state index in [1.165, 1.54) is 17.7 Å². The Labute approximate surface area is 164 Å². The lowest BCUT2D eigenvalue weighted by atomic mass is 10.1. The van der Waals surface area contributed by atoms with Crippen LogP contribution in [0.1, 0.15) is 50.0 Å². The maximum Gasteiger partial charge on any atom is 0.360 e. The van der Waals surface area contributed by atoms with Crippen molar-refractivity contribution in [1.82, 2.24) is 15.1 Å². The molecule has 7 heteroatoms. The molecule has 28 heavy (non-hydrogen) atoms. The van der Waals surface area contributed by atoms with Gasteiger partial charge in [0, 0.05) is 18.5 Å². The Morgan fingerprint density at radius 3 is 2.64 bits per heavy atom. The number of esters is 1. The second-order valence-corrected chi connectivity index (χ2v) is 6.56. The van der Waals surface area contributed by atoms with Crippen LogP contribution in [0.15, 0.2) is 41.7 Å². The molecule has 2 rings (SSSR count). The number of nitrogens with zero attached hydrogens (tertiary/aromatic N) is 2. The Hall–Kier alpha value is -2.96. The predicted molar refractivity (Wildman–Crippen MR) is 108 cm³/mol. The first kappa shape index (κ1) is 21.3. The Morgan fingerprint density at radius 2 is 1.96 bits per heavy atom. The van der Waals surface area contributed by atoms with Crippen LogP contribution >= 0.6 is 0 Å². The second kappa shape index (κ2) is 10.4. The van der Waals surface area contributed by atoms with Gasteiger partial charge in [-0.3, -0.25) is 9.59 Å². The van der Waals surface area contributed by atoms with E-state index < -0.39 is 18.0 Å². The number of benzene rings is 1. The lowest BCUT2D eigenvalue weighted by Crippen LogP contribution is -2.36. The predicted octanol–water partition coefficient (Wildman–Crippen LogP) is 2.82. The SMILES string of the molecule is C=CCNC(=O)[C@H](C)OC(=O)c1nn(CCCCCC)c(=O)c2ccccc12. The van der Waals surface area contributed by atoms with Gasteiger partial charge < -0.3 is 10.1 Å². The Balaban J connectivity index is 2.30. The number of fused-ring (bicyclic) bond motifs is 1. The third-order valence-corrected chi connectivity index (χ3v) is 4.36. The number of unbranched alkanes of at least 4 members (excludes halogenated alkanes) is 3. The summed E-state index contributed by atoms with van der Waals surface area (Å²) in [5.41, 5.74) is -0.200. The molecular formula is C21H27N3O4. The average Bonchev–Trinajstić information content (AvgIpc) is 2.70. The van der Waals surface area contributed by atoms with Gasteiger partial charge in [0.05, 0.1) is 5.39 Å². The van der Waals surface area contributed by atoms with Crippen molar-refractivity contribution in [2.75, 3.05) is 6.54 Å². The van der Waals surface area contributed by atoms with Gasteiger partial charge in [-0.2, -0.15) is 5.10 Å². The summed E-state index contributed by atoms with van der Waals surface area (Å²) in [6.45, 7) is 7.83. The van der Waals surface area contributed by atoms with Gasteiger partial charge in [-0.15, -0.1) is 6.58 Å². The van der Waals surface area contributed by atoms with E-state index >= 15 is 0 Å². The first-order valence-electron chi connectivity index (χ1n) is 9.59. The molecule has 0 spiro atoms. The quantitative estimate of drug-likeness (QED) is 0.386. The van der Waals surface area contributed by atoms with Crippen molar-refractivity contribution < 1.29 is 14.3 Å². The molecule has 1 aromatic carbocycles. The highest BCUT2D eigenvalue weighted by Gasteiger charge is 2.23. The standard InChI is InChI=1S/C21H27N3O4/c1-4-6-7-10-14-24-20(26)17-12-9-8-11-16(17)18(23-24)21(27)28-15(3)19(25)22-13-5-2/h5,8-9,11-12,15H,2,4,6-7,10,13-14H2,1,3H3,(H,22,25)/t15-/m0/s1. The van der Waals surface area contributed by atoms with Gasteiger partial charge in [0.1, 0.15) is 0 Å². The van der Waals surface area contributed by atoms with E-state index in [0.717, 1.165) is 25.7 Å². The number of nitrogens with one attached hydrogen (secondary N) is 1. The molecule has 1 atom stereocenters. The minimum absolute atomic E-state index is 0.0362. The van der Waals surface area contributed by atoms with Gasteiger partial charge in [0.15, 0.2) is 11.8 Å². The molecule has 0 saturated carbocycles. The Morgan fingerprint density at radius 1 is 1.25 bits per heavy atom. The third-order valence-electron chi connectivity index (χ3n) is 4.36. The number of aromatic nitrogens is 2. The summed E-state index contributed by atoms with van der Waals surface area (Å²) in [6.07, 6.45) is 4.50. The summed E-state index contributed by atoms with van der Waals surface area (Å²) < 4.78 is 6.59. The maximum atomic E-state index is 12.7. The molecule has 0 aliphatic rings. The van der Waals surface area contributed by atoms with Crippen molar-refractivity contribution >= 4 is 22.6 Å². The largest absolute Gasteiger partial charge is 0.448 e. The van der Waals surface area contributed by atoms with Crippen LogP contribution in [0.25, 0.3) is 10.8 Å². The summed E-state index contributed by atoms with van der Waals surface area (Å²) in [5, 5.41) is 7.65. The number of aryl methyl sites for hydroxylation is 1. The highest BCUT2D eigenvalue weighted by molar-refractivity contribution is 6.02. The number of amides is 1. The van der Waals surface area contributed by atoms with Gasteiger partial charge >= 0.3 is 5.97 Å². The van der Waals surface area contributed by atoms with Crippen molar-refractivity contribution in [2.45, 2.75) is 52.2 Å². The average molecular weight is 385 g/mol. The van der Waals surface area contributed by atoms with Crippen LogP contribution < -0.4 is 10.9 Å². The summed E-state index contributed by atoms with van der Waals surface area (Å²) in [4.78, 5) is 37.3. The molecule has 0 radical (unpaired) electrons. The lowest BCUT2D eigenvalue weighted by molar-refractivity contribution is -0.128. The van der Waals surface area contributed by atoms with Crippen LogP contribution in [0.3, 0.4) is 0 Å². The van der Waals surface area contributed by atoms with Gasteiger partial charge in [0.2, 0.25) is 0 Å². The molecule has 2 aromatic rings. The minimum atomic E-state index is -0.988. The van der Waals surface area contributed by atoms with E-state index in [9.17, 15) is 14.4 Å². The molecular weight excluding hydrogens is 358 g/mol. The van der Waals surface area contributed by atoms with Crippen LogP contribution in [-0.2, 0) is 16.1 Å². The minimum Gasteiger partial charge on any atom is -0.448 e. The van der Waals surface area contributed by atoms with Crippen molar-refractivity contribution in [3.63, 3.8) is 0 Å². The molecule has 1 N–H and O–H groups in total. The molecule has 0 bridgehead atoms. The van der Waals surface area contributed by atoms with Gasteiger partial charge in [-0.05, 0) is 19.4 Å². The Bertz CT molecular complexity index is 904. The zero-order valence-corrected chi connectivity index (χ0v) is 16.4. The second-order valence-electron chi connectivity index (χ2n) is 6.56. The van der Waals surface area contributed by atoms with Crippen LogP contribution in [0.5, 0.6) is 0 Å². The van der Waals surface area contributed by atoms with E-state index in [0.29, 0.717) is 17.3 Å². The van der Waals surface area contributed by atoms with Gasteiger partial charge in [0.25, 0.3) is 11.5 Å². The molecule has 1 heterocycles. The fraction of sp³-hybridized carbons (Fsp3) is 0.429. The number of hydrogen-bond acceptors (Lipinski definition) is 5. The van der Waals surface area contributed by atoms with Crippen LogP contribution in [0.2, 0.25) is 0 Å². The van der Waals surface area contributed by atoms with Crippen molar-refractivity contribution in [3.05, 3.63) is 53.0 Å². The zero-order chi connectivity index (χ0) is 20.5. The molecule has 1 amide bonds. The Kier molecular flexibility index (Phi) is 7.92. The molecule has 7 nitrogen and oxygen atoms in total. The molecule has 0 aliphatic carbocycles. The topological polar surface area (TPSA) is 90.3 Å². The normalized spacial score (nSPS) is 11.8. The molecule has 0 unspecified atom stereocenters. The monoisotopic (exact) mass is 385 g/mol. The third kappa shape index (κ3) is 5.28. The van der Waals surface area contributed by atoms with Crippen molar-refractivity contribution in [2.24, 2.45) is 0 Å². The number of carbonyl (C=O) groups excluding carboxylic acids is 2. The van der Waals surface area contributed by atoms with E-state index in [2.05, 4.69) is 23.9 Å². The number of hydrogen-bond donors (Lipinski definition) is 1. The summed E-state index contributed by atoms with van der Waals surface area (Å²) in [7, 11) is 0. The van der Waals surface area contributed by atoms with Crippen LogP contribution in [0.4, 0.5) is 0 Å². The summed E-state index contributed by atoms with van der Waals surface area (Å²) in [5.74, 6) is -1.16. The fourth-order valence-electron chi connectivity index (χ4n) is 2.81. The molecule has 0 saturated heterocycles. The highest BCUT2D eigenvalue weighted by Crippen LogP contribution is 2.15. The molecule has 0 aliphatic heterocycles. The van der Waals surface area contributed by atoms with Crippen LogP contribution in [-0.4, -0.2) is 34.3 Å². The maximum absolute atomic E-state index is 12.7. The van der Waals surface area contributed by atoms with E-state index in [1.54, 1.807) is 24.3 Å². The smallest absolute Gasteiger partial charge is 0.360 e. The van der Waals surface area contributed by atoms with Crippen molar-refractivity contribution in [3.8, 4) is 0 Å². The van der Waals surface area contributed by atoms with Gasteiger partial charge in [-0.25, -0.2) is 9.48 Å². The van der Waals surface area contributed by atoms with Gasteiger partial charge in [-0.1, -0.05) is 50.5 Å². The number of carbonyl (C=O) groups is 2. The van der Waals surface area contributed by atoms with E-state index in [4.69, 9.17) is 4.74 Å². The lowest BCUT2D eigenvalue weighted by Gasteiger charge is -2.14. The van der Waals surface area contributed by atoms with Crippen LogP contribution in [0, 0.1) is 0 Å². The summed E-state index contributed by atoms with van der Waals surface area (Å²) in [6, 6.07) is 6.79. The fourth-order valence-corrected chi connectivity index (χ4v) is 2.81. The van der Waals surface area contributed by atoms with E-state index in [-0.39, 0.29) is 17.8 Å². The molecule has 1 aromatic heterocycles. The summed E-state index contributed by atoms with van der Waals surface area (Å²) >= 11 is 0. The molecule has 150 valence electrons. The molecule has 0 fully saturated rings. The van der Waals surface area contributed by atoms with E-state index in [1.807, 2.05) is 0 Å². The highest BCUT2D eigenvalue weighted by atomic mass is 16.5. The number of ether oxygens (including phenoxy) is 1. The first-order valence-corrected chi connectivity index (χ1v) is 9.59.